The molecule has 3 aromatic rings. The van der Waals surface area contributed by atoms with Crippen LogP contribution in [0.5, 0.6) is 0 Å². The molecule has 146 valence electrons. The maximum atomic E-state index is 12.4. The van der Waals surface area contributed by atoms with Gasteiger partial charge < -0.3 is 0 Å². The first-order valence-electron chi connectivity index (χ1n) is 9.30. The normalized spacial score (nSPS) is 11.8. The van der Waals surface area contributed by atoms with Crippen molar-refractivity contribution in [2.75, 3.05) is 0 Å². The van der Waals surface area contributed by atoms with E-state index in [9.17, 15) is 8.42 Å². The number of H-pyrrole nitrogens is 1. The lowest BCUT2D eigenvalue weighted by atomic mass is 10.1. The largest absolute Gasteiger partial charge is 0.277 e. The number of sulfonamides is 1. The molecule has 0 unspecified atom stereocenters. The number of hydrazone groups is 1. The van der Waals surface area contributed by atoms with Gasteiger partial charge in [-0.1, -0.05) is 56.7 Å². The van der Waals surface area contributed by atoms with E-state index in [2.05, 4.69) is 46.1 Å². The van der Waals surface area contributed by atoms with Crippen molar-refractivity contribution in [3.05, 3.63) is 71.4 Å². The molecule has 0 aliphatic rings. The van der Waals surface area contributed by atoms with Crippen LogP contribution in [0, 0.1) is 0 Å². The quantitative estimate of drug-likeness (QED) is 0.447. The Morgan fingerprint density at radius 2 is 1.71 bits per heavy atom. The van der Waals surface area contributed by atoms with E-state index in [0.29, 0.717) is 5.56 Å². The average Bonchev–Trinajstić information content (AvgIpc) is 3.17. The highest BCUT2D eigenvalue weighted by molar-refractivity contribution is 7.89. The van der Waals surface area contributed by atoms with Crippen LogP contribution in [0.4, 0.5) is 0 Å². The van der Waals surface area contributed by atoms with Gasteiger partial charge in [-0.3, -0.25) is 5.10 Å². The highest BCUT2D eigenvalue weighted by Gasteiger charge is 2.13. The van der Waals surface area contributed by atoms with Crippen LogP contribution in [0.1, 0.15) is 37.0 Å². The second-order valence-corrected chi connectivity index (χ2v) is 8.16. The molecule has 1 heterocycles. The third-order valence-corrected chi connectivity index (χ3v) is 5.71. The van der Waals surface area contributed by atoms with Crippen LogP contribution in [0.15, 0.2) is 64.7 Å². The lowest BCUT2D eigenvalue weighted by molar-refractivity contribution is 0.584. The van der Waals surface area contributed by atoms with Crippen LogP contribution in [-0.2, 0) is 22.9 Å². The highest BCUT2D eigenvalue weighted by Crippen LogP contribution is 2.20. The fourth-order valence-electron chi connectivity index (χ4n) is 2.87. The number of nitrogens with zero attached hydrogens (tertiary/aromatic N) is 2. The highest BCUT2D eigenvalue weighted by atomic mass is 32.2. The van der Waals surface area contributed by atoms with Gasteiger partial charge in [-0.05, 0) is 36.1 Å². The van der Waals surface area contributed by atoms with Crippen LogP contribution in [0.25, 0.3) is 11.3 Å². The Labute approximate surface area is 165 Å². The minimum atomic E-state index is -3.71. The molecule has 0 spiro atoms. The number of rotatable bonds is 8. The summed E-state index contributed by atoms with van der Waals surface area (Å²) in [6, 6.07) is 15.0. The second-order valence-electron chi connectivity index (χ2n) is 6.50. The molecule has 0 radical (unpaired) electrons. The first-order valence-corrected chi connectivity index (χ1v) is 10.8. The van der Waals surface area contributed by atoms with Crippen LogP contribution in [0.3, 0.4) is 0 Å². The molecule has 0 fully saturated rings. The van der Waals surface area contributed by atoms with Crippen molar-refractivity contribution in [2.45, 2.75) is 38.0 Å². The smallest absolute Gasteiger partial charge is 0.276 e. The minimum absolute atomic E-state index is 0.187. The third kappa shape index (κ3) is 4.67. The number of aryl methyl sites for hydroxylation is 2. The SMILES string of the molecule is CCCc1ccc(S(=O)(=O)NN=Cc2cn[nH]c2-c2ccc(CC)cc2)cc1. The minimum Gasteiger partial charge on any atom is -0.277 e. The lowest BCUT2D eigenvalue weighted by Crippen LogP contribution is -2.18. The summed E-state index contributed by atoms with van der Waals surface area (Å²) in [4.78, 5) is 2.45. The van der Waals surface area contributed by atoms with Gasteiger partial charge in [0.2, 0.25) is 0 Å². The molecule has 28 heavy (non-hydrogen) atoms. The number of hydrogen-bond donors (Lipinski definition) is 2. The third-order valence-electron chi connectivity index (χ3n) is 4.47. The Balaban J connectivity index is 1.73. The summed E-state index contributed by atoms with van der Waals surface area (Å²) in [5.74, 6) is 0. The maximum Gasteiger partial charge on any atom is 0.276 e. The van der Waals surface area contributed by atoms with E-state index in [1.54, 1.807) is 18.3 Å². The summed E-state index contributed by atoms with van der Waals surface area (Å²) in [7, 11) is -3.71. The molecule has 1 aromatic heterocycles. The van der Waals surface area contributed by atoms with Crippen LogP contribution in [-0.4, -0.2) is 24.8 Å². The van der Waals surface area contributed by atoms with Crippen molar-refractivity contribution in [2.24, 2.45) is 5.10 Å². The topological polar surface area (TPSA) is 87.2 Å². The molecule has 3 rings (SSSR count). The van der Waals surface area contributed by atoms with Crippen molar-refractivity contribution in [3.63, 3.8) is 0 Å². The summed E-state index contributed by atoms with van der Waals surface area (Å²) < 4.78 is 24.8. The van der Waals surface area contributed by atoms with Gasteiger partial charge >= 0.3 is 0 Å². The first kappa shape index (κ1) is 19.8. The molecule has 0 atom stereocenters. The molecule has 7 heteroatoms. The number of aromatic amines is 1. The fourth-order valence-corrected chi connectivity index (χ4v) is 3.66. The number of nitrogens with one attached hydrogen (secondary N) is 2. The molecule has 0 aliphatic carbocycles. The zero-order valence-corrected chi connectivity index (χ0v) is 16.8. The molecule has 0 saturated heterocycles. The Morgan fingerprint density at radius 3 is 2.36 bits per heavy atom. The van der Waals surface area contributed by atoms with Crippen molar-refractivity contribution < 1.29 is 8.42 Å². The Morgan fingerprint density at radius 1 is 1.04 bits per heavy atom. The number of benzene rings is 2. The zero-order chi connectivity index (χ0) is 20.0. The molecule has 2 aromatic carbocycles. The van der Waals surface area contributed by atoms with Gasteiger partial charge in [-0.2, -0.15) is 18.6 Å². The van der Waals surface area contributed by atoms with E-state index in [1.165, 1.54) is 11.8 Å². The first-order chi connectivity index (χ1) is 13.5. The van der Waals surface area contributed by atoms with Crippen molar-refractivity contribution >= 4 is 16.2 Å². The second kappa shape index (κ2) is 8.84. The van der Waals surface area contributed by atoms with Crippen molar-refractivity contribution in [1.29, 1.82) is 0 Å². The number of hydrogen-bond acceptors (Lipinski definition) is 4. The Hall–Kier alpha value is -2.93. The van der Waals surface area contributed by atoms with Gasteiger partial charge in [-0.25, -0.2) is 4.83 Å². The summed E-state index contributed by atoms with van der Waals surface area (Å²) in [5, 5.41) is 10.9. The fraction of sp³-hybridized carbons (Fsp3) is 0.238. The Bertz CT molecular complexity index is 1040. The van der Waals surface area contributed by atoms with E-state index in [-0.39, 0.29) is 4.90 Å². The van der Waals surface area contributed by atoms with Crippen molar-refractivity contribution in [1.82, 2.24) is 15.0 Å². The standard InChI is InChI=1S/C21H24N4O2S/c1-3-5-17-8-12-20(13-9-17)28(26,27)25-23-15-19-14-22-24-21(19)18-10-6-16(4-2)7-11-18/h6-15,25H,3-5H2,1-2H3,(H,22,24). The van der Waals surface area contributed by atoms with Crippen LogP contribution >= 0.6 is 0 Å². The van der Waals surface area contributed by atoms with Gasteiger partial charge in [0.15, 0.2) is 0 Å². The summed E-state index contributed by atoms with van der Waals surface area (Å²) in [6.45, 7) is 4.19. The van der Waals surface area contributed by atoms with Gasteiger partial charge in [0.05, 0.1) is 23.0 Å². The molecular formula is C21H24N4O2S. The number of aromatic nitrogens is 2. The van der Waals surface area contributed by atoms with Gasteiger partial charge in [-0.15, -0.1) is 0 Å². The average molecular weight is 397 g/mol. The molecule has 0 amide bonds. The maximum absolute atomic E-state index is 12.4. The van der Waals surface area contributed by atoms with Crippen molar-refractivity contribution in [3.8, 4) is 11.3 Å². The van der Waals surface area contributed by atoms with Gasteiger partial charge in [0.25, 0.3) is 10.0 Å². The molecule has 0 aliphatic heterocycles. The summed E-state index contributed by atoms with van der Waals surface area (Å²) in [6.07, 6.45) is 5.98. The van der Waals surface area contributed by atoms with E-state index in [4.69, 9.17) is 0 Å². The summed E-state index contributed by atoms with van der Waals surface area (Å²) >= 11 is 0. The van der Waals surface area contributed by atoms with E-state index < -0.39 is 10.0 Å². The predicted molar refractivity (Wildman–Crippen MR) is 112 cm³/mol. The van der Waals surface area contributed by atoms with E-state index in [1.807, 2.05) is 24.3 Å². The zero-order valence-electron chi connectivity index (χ0n) is 16.0. The Kier molecular flexibility index (Phi) is 6.26. The monoisotopic (exact) mass is 396 g/mol. The molecule has 2 N–H and O–H groups in total. The van der Waals surface area contributed by atoms with Gasteiger partial charge in [0, 0.05) is 11.1 Å². The molecule has 0 saturated carbocycles. The van der Waals surface area contributed by atoms with E-state index >= 15 is 0 Å². The molecule has 6 nitrogen and oxygen atoms in total. The molecular weight excluding hydrogens is 372 g/mol. The molecule has 0 bridgehead atoms. The summed E-state index contributed by atoms with van der Waals surface area (Å²) in [5.41, 5.74) is 4.81. The van der Waals surface area contributed by atoms with Gasteiger partial charge in [0.1, 0.15) is 0 Å². The van der Waals surface area contributed by atoms with Crippen LogP contribution < -0.4 is 4.83 Å². The lowest BCUT2D eigenvalue weighted by Gasteiger charge is -2.05. The van der Waals surface area contributed by atoms with E-state index in [0.717, 1.165) is 36.1 Å². The van der Waals surface area contributed by atoms with Crippen LogP contribution in [0.2, 0.25) is 0 Å². The predicted octanol–water partition coefficient (Wildman–Crippen LogP) is 3.90.